The van der Waals surface area contributed by atoms with E-state index < -0.39 is 17.6 Å². The van der Waals surface area contributed by atoms with Crippen LogP contribution >= 0.6 is 0 Å². The molecule has 1 saturated carbocycles. The maximum Gasteiger partial charge on any atom is 0.490 e. The Hall–Kier alpha value is -4.64. The number of carbonyl (C=O) groups is 2. The molecule has 1 spiro atoms. The number of benzene rings is 3. The number of carboxylic acid groups (broad SMARTS) is 1. The van der Waals surface area contributed by atoms with Crippen molar-refractivity contribution < 1.29 is 27.9 Å². The van der Waals surface area contributed by atoms with Crippen LogP contribution in [0.25, 0.3) is 23.1 Å². The van der Waals surface area contributed by atoms with Gasteiger partial charge in [0.05, 0.1) is 16.6 Å². The highest BCUT2D eigenvalue weighted by Gasteiger charge is 2.65. The van der Waals surface area contributed by atoms with Crippen molar-refractivity contribution in [1.29, 1.82) is 0 Å². The predicted molar refractivity (Wildman–Crippen MR) is 154 cm³/mol. The third-order valence-electron chi connectivity index (χ3n) is 8.09. The number of carbonyl (C=O) groups excluding carboxylic acids is 1. The fraction of sp³-hybridized carbons (Fsp3) is 0.258. The number of hydrogen-bond donors (Lipinski definition) is 4. The number of aromatic amines is 1. The molecule has 2 atom stereocenters. The van der Waals surface area contributed by atoms with Crippen LogP contribution in [0.2, 0.25) is 0 Å². The first-order chi connectivity index (χ1) is 20.2. The summed E-state index contributed by atoms with van der Waals surface area (Å²) in [4.78, 5) is 24.2. The van der Waals surface area contributed by atoms with Crippen molar-refractivity contribution in [1.82, 2.24) is 15.5 Å². The molecule has 8 nitrogen and oxygen atoms in total. The normalized spacial score (nSPS) is 21.3. The number of H-pyrrole nitrogens is 1. The van der Waals surface area contributed by atoms with E-state index in [1.54, 1.807) is 0 Å². The van der Waals surface area contributed by atoms with Gasteiger partial charge in [0.1, 0.15) is 0 Å². The molecule has 1 amide bonds. The van der Waals surface area contributed by atoms with Gasteiger partial charge in [0.15, 0.2) is 0 Å². The van der Waals surface area contributed by atoms with Crippen molar-refractivity contribution in [2.45, 2.75) is 23.9 Å². The molecule has 1 saturated heterocycles. The Balaban J connectivity index is 0.000000405. The maximum absolute atomic E-state index is 12.9. The van der Waals surface area contributed by atoms with E-state index in [1.807, 2.05) is 18.2 Å². The Morgan fingerprint density at radius 2 is 1.74 bits per heavy atom. The van der Waals surface area contributed by atoms with Gasteiger partial charge >= 0.3 is 12.1 Å². The number of amides is 1. The van der Waals surface area contributed by atoms with E-state index in [1.165, 1.54) is 11.3 Å². The lowest BCUT2D eigenvalue weighted by Gasteiger charge is -2.29. The number of para-hydroxylation sites is 1. The zero-order chi connectivity index (χ0) is 29.5. The lowest BCUT2D eigenvalue weighted by Crippen LogP contribution is -2.43. The van der Waals surface area contributed by atoms with Crippen LogP contribution in [0.15, 0.2) is 66.7 Å². The van der Waals surface area contributed by atoms with Crippen LogP contribution in [0.5, 0.6) is 0 Å². The molecule has 2 unspecified atom stereocenters. The molecule has 0 radical (unpaired) electrons. The minimum atomic E-state index is -5.08. The molecule has 2 aliphatic heterocycles. The maximum atomic E-state index is 12.9. The highest BCUT2D eigenvalue weighted by molar-refractivity contribution is 6.09. The minimum absolute atomic E-state index is 0.125. The predicted octanol–water partition coefficient (Wildman–Crippen LogP) is 5.15. The number of aliphatic carboxylic acids is 1. The molecule has 3 aromatic carbocycles. The molecule has 216 valence electrons. The zero-order valence-corrected chi connectivity index (χ0v) is 22.4. The number of aromatic nitrogens is 2. The fourth-order valence-electron chi connectivity index (χ4n) is 5.85. The molecule has 1 aromatic heterocycles. The van der Waals surface area contributed by atoms with Crippen LogP contribution in [0.4, 0.5) is 24.5 Å². The van der Waals surface area contributed by atoms with E-state index in [4.69, 9.17) is 9.90 Å². The Morgan fingerprint density at radius 3 is 2.45 bits per heavy atom. The van der Waals surface area contributed by atoms with Crippen molar-refractivity contribution in [2.24, 2.45) is 0 Å². The molecule has 3 aliphatic rings. The second-order valence-corrected chi connectivity index (χ2v) is 10.6. The molecule has 4 N–H and O–H groups in total. The Labute approximate surface area is 239 Å². The summed E-state index contributed by atoms with van der Waals surface area (Å²) in [5.41, 5.74) is 7.22. The van der Waals surface area contributed by atoms with Crippen LogP contribution in [0.1, 0.15) is 34.7 Å². The van der Waals surface area contributed by atoms with Gasteiger partial charge in [-0.3, -0.25) is 9.89 Å². The smallest absolute Gasteiger partial charge is 0.475 e. The largest absolute Gasteiger partial charge is 0.490 e. The van der Waals surface area contributed by atoms with Crippen LogP contribution in [-0.2, 0) is 15.0 Å². The van der Waals surface area contributed by atoms with Gasteiger partial charge in [-0.25, -0.2) is 4.79 Å². The Kier molecular flexibility index (Phi) is 6.97. The van der Waals surface area contributed by atoms with Gasteiger partial charge in [0.2, 0.25) is 5.91 Å². The average Bonchev–Trinajstić information content (AvgIpc) is 3.52. The SMILES string of the molecule is O=C(O)C(F)(F)F.O=C1Nc2ccccc2C12CC2c1ccc2c(/C=C/c3ccc(N4CCNCC4)cc3)n[nH]c2c1. The van der Waals surface area contributed by atoms with Gasteiger partial charge < -0.3 is 20.6 Å². The number of nitrogens with zero attached hydrogens (tertiary/aromatic N) is 2. The molecule has 4 aromatic rings. The van der Waals surface area contributed by atoms with Gasteiger partial charge in [-0.05, 0) is 53.5 Å². The molecule has 42 heavy (non-hydrogen) atoms. The van der Waals surface area contributed by atoms with Crippen molar-refractivity contribution in [3.05, 3.63) is 89.1 Å². The molecular formula is C31H28F3N5O3. The topological polar surface area (TPSA) is 110 Å². The molecule has 3 heterocycles. The highest BCUT2D eigenvalue weighted by Crippen LogP contribution is 2.65. The van der Waals surface area contributed by atoms with E-state index in [0.717, 1.165) is 66.0 Å². The summed E-state index contributed by atoms with van der Waals surface area (Å²) in [6.07, 6.45) is -0.0511. The van der Waals surface area contributed by atoms with E-state index in [0.29, 0.717) is 0 Å². The number of rotatable bonds is 4. The summed E-state index contributed by atoms with van der Waals surface area (Å²) < 4.78 is 31.7. The molecule has 0 bridgehead atoms. The molecular weight excluding hydrogens is 547 g/mol. The summed E-state index contributed by atoms with van der Waals surface area (Å²) >= 11 is 0. The number of fused-ring (bicyclic) bond motifs is 3. The van der Waals surface area contributed by atoms with Gasteiger partial charge in [0, 0.05) is 48.9 Å². The van der Waals surface area contributed by atoms with Crippen molar-refractivity contribution in [3.8, 4) is 0 Å². The zero-order valence-electron chi connectivity index (χ0n) is 22.4. The Morgan fingerprint density at radius 1 is 1.02 bits per heavy atom. The van der Waals surface area contributed by atoms with Gasteiger partial charge in [0.25, 0.3) is 0 Å². The summed E-state index contributed by atoms with van der Waals surface area (Å²) in [6, 6.07) is 23.2. The van der Waals surface area contributed by atoms with Crippen LogP contribution in [0.3, 0.4) is 0 Å². The van der Waals surface area contributed by atoms with Crippen molar-refractivity contribution in [3.63, 3.8) is 0 Å². The molecule has 7 rings (SSSR count). The molecule has 11 heteroatoms. The van der Waals surface area contributed by atoms with Gasteiger partial charge in [-0.1, -0.05) is 48.5 Å². The standard InChI is InChI=1S/C29H27N5O.C2HF3O2/c35-28-29(23-3-1-2-4-26(23)31-28)18-24(29)20-8-11-22-25(32-33-27(22)17-20)12-7-19-5-9-21(10-6-19)34-15-13-30-14-16-34;3-2(4,5)1(6)7/h1-12,17,24,30H,13-16,18H2,(H,31,35)(H,32,33);(H,6,7)/b12-7+;. The summed E-state index contributed by atoms with van der Waals surface area (Å²) in [5.74, 6) is -2.43. The quantitative estimate of drug-likeness (QED) is 0.268. The van der Waals surface area contributed by atoms with Crippen LogP contribution < -0.4 is 15.5 Å². The van der Waals surface area contributed by atoms with Crippen LogP contribution in [-0.4, -0.2) is 59.5 Å². The van der Waals surface area contributed by atoms with Crippen molar-refractivity contribution >= 4 is 46.3 Å². The van der Waals surface area contributed by atoms with Gasteiger partial charge in [-0.15, -0.1) is 0 Å². The third-order valence-corrected chi connectivity index (χ3v) is 8.09. The van der Waals surface area contributed by atoms with Gasteiger partial charge in [-0.2, -0.15) is 18.3 Å². The number of carboxylic acids is 1. The van der Waals surface area contributed by atoms with Crippen LogP contribution in [0, 0.1) is 0 Å². The lowest BCUT2D eigenvalue weighted by atomic mass is 9.92. The van der Waals surface area contributed by atoms with E-state index in [2.05, 4.69) is 86.4 Å². The summed E-state index contributed by atoms with van der Waals surface area (Å²) in [5, 5.41) is 22.4. The van der Waals surface area contributed by atoms with Crippen molar-refractivity contribution in [2.75, 3.05) is 36.4 Å². The number of hydrogen-bond acceptors (Lipinski definition) is 5. The highest BCUT2D eigenvalue weighted by atomic mass is 19.4. The monoisotopic (exact) mass is 575 g/mol. The second-order valence-electron chi connectivity index (χ2n) is 10.6. The van der Waals surface area contributed by atoms with E-state index in [9.17, 15) is 18.0 Å². The van der Waals surface area contributed by atoms with E-state index in [-0.39, 0.29) is 11.8 Å². The fourth-order valence-corrected chi connectivity index (χ4v) is 5.85. The first-order valence-corrected chi connectivity index (χ1v) is 13.6. The Bertz CT molecular complexity index is 1680. The summed E-state index contributed by atoms with van der Waals surface area (Å²) in [7, 11) is 0. The minimum Gasteiger partial charge on any atom is -0.475 e. The summed E-state index contributed by atoms with van der Waals surface area (Å²) in [6.45, 7) is 4.18. The second kappa shape index (κ2) is 10.6. The number of nitrogens with one attached hydrogen (secondary N) is 3. The lowest BCUT2D eigenvalue weighted by molar-refractivity contribution is -0.192. The van der Waals surface area contributed by atoms with E-state index >= 15 is 0 Å². The third kappa shape index (κ3) is 5.11. The number of halogens is 3. The first-order valence-electron chi connectivity index (χ1n) is 13.6. The molecule has 1 aliphatic carbocycles. The average molecular weight is 576 g/mol. The first kappa shape index (κ1) is 27.5. The number of anilines is 2. The number of alkyl halides is 3. The number of piperazine rings is 1. The molecule has 2 fully saturated rings.